The molecule has 50 heavy (non-hydrogen) atoms. The zero-order valence-corrected chi connectivity index (χ0v) is 30.6. The number of phosphoric acid groups is 1. The molecule has 288 valence electrons. The number of hydrogen-bond donors (Lipinski definition) is 6. The highest BCUT2D eigenvalue weighted by atomic mass is 31.2. The van der Waals surface area contributed by atoms with Crippen molar-refractivity contribution in [2.24, 2.45) is 0 Å². The van der Waals surface area contributed by atoms with Crippen molar-refractivity contribution >= 4 is 19.8 Å². The highest BCUT2D eigenvalue weighted by Gasteiger charge is 2.51. The molecule has 0 spiro atoms. The van der Waals surface area contributed by atoms with E-state index in [9.17, 15) is 44.6 Å². The number of aliphatic hydroxyl groups excluding tert-OH is 5. The van der Waals surface area contributed by atoms with E-state index in [0.717, 1.165) is 70.6 Å². The lowest BCUT2D eigenvalue weighted by Gasteiger charge is -2.41. The van der Waals surface area contributed by atoms with Gasteiger partial charge >= 0.3 is 19.8 Å². The maximum absolute atomic E-state index is 12.6. The van der Waals surface area contributed by atoms with Crippen molar-refractivity contribution in [1.29, 1.82) is 0 Å². The second-order valence-corrected chi connectivity index (χ2v) is 13.8. The molecular formula is C36H61O13P. The van der Waals surface area contributed by atoms with Gasteiger partial charge in [0.15, 0.2) is 6.10 Å². The van der Waals surface area contributed by atoms with Crippen molar-refractivity contribution in [1.82, 2.24) is 0 Å². The van der Waals surface area contributed by atoms with Crippen LogP contribution < -0.4 is 0 Å². The Morgan fingerprint density at radius 2 is 1.14 bits per heavy atom. The lowest BCUT2D eigenvalue weighted by Crippen LogP contribution is -2.64. The van der Waals surface area contributed by atoms with Crippen LogP contribution in [0.1, 0.15) is 110 Å². The summed E-state index contributed by atoms with van der Waals surface area (Å²) in [4.78, 5) is 34.7. The van der Waals surface area contributed by atoms with E-state index in [0.29, 0.717) is 12.8 Å². The Hall–Kier alpha value is -2.19. The van der Waals surface area contributed by atoms with Crippen molar-refractivity contribution in [3.63, 3.8) is 0 Å². The van der Waals surface area contributed by atoms with Gasteiger partial charge in [0.2, 0.25) is 0 Å². The van der Waals surface area contributed by atoms with Gasteiger partial charge in [-0.15, -0.1) is 0 Å². The van der Waals surface area contributed by atoms with Crippen LogP contribution in [0, 0.1) is 0 Å². The molecule has 0 radical (unpaired) electrons. The number of hydrogen-bond acceptors (Lipinski definition) is 12. The minimum Gasteiger partial charge on any atom is -0.462 e. The number of ether oxygens (including phenoxy) is 2. The molecule has 0 heterocycles. The predicted molar refractivity (Wildman–Crippen MR) is 189 cm³/mol. The number of rotatable bonds is 27. The Labute approximate surface area is 297 Å². The summed E-state index contributed by atoms with van der Waals surface area (Å²) in [5.74, 6) is -1.16. The van der Waals surface area contributed by atoms with Crippen molar-refractivity contribution in [3.8, 4) is 0 Å². The fourth-order valence-corrected chi connectivity index (χ4v) is 5.93. The monoisotopic (exact) mass is 732 g/mol. The van der Waals surface area contributed by atoms with Crippen molar-refractivity contribution in [3.05, 3.63) is 48.6 Å². The quantitative estimate of drug-likeness (QED) is 0.0288. The molecule has 0 bridgehead atoms. The van der Waals surface area contributed by atoms with Gasteiger partial charge in [-0.25, -0.2) is 4.57 Å². The molecule has 1 aliphatic carbocycles. The van der Waals surface area contributed by atoms with Crippen molar-refractivity contribution in [2.45, 2.75) is 153 Å². The Morgan fingerprint density at radius 3 is 1.72 bits per heavy atom. The smallest absolute Gasteiger partial charge is 0.462 e. The normalized spacial score (nSPS) is 24.7. The van der Waals surface area contributed by atoms with E-state index >= 15 is 0 Å². The summed E-state index contributed by atoms with van der Waals surface area (Å²) >= 11 is 0. The number of phosphoric ester groups is 1. The van der Waals surface area contributed by atoms with Crippen LogP contribution >= 0.6 is 7.82 Å². The zero-order chi connectivity index (χ0) is 37.2. The Bertz CT molecular complexity index is 1080. The van der Waals surface area contributed by atoms with Crippen LogP contribution in [0.2, 0.25) is 0 Å². The summed E-state index contributed by atoms with van der Waals surface area (Å²) in [6.07, 6.45) is 16.3. The molecule has 0 aromatic heterocycles. The molecule has 14 heteroatoms. The predicted octanol–water partition coefficient (Wildman–Crippen LogP) is 4.88. The average molecular weight is 733 g/mol. The third-order valence-electron chi connectivity index (χ3n) is 7.93. The topological polar surface area (TPSA) is 210 Å². The minimum absolute atomic E-state index is 0.0775. The lowest BCUT2D eigenvalue weighted by atomic mass is 9.85. The minimum atomic E-state index is -5.10. The summed E-state index contributed by atoms with van der Waals surface area (Å²) in [5, 5.41) is 49.6. The van der Waals surface area contributed by atoms with Gasteiger partial charge in [0.05, 0.1) is 6.61 Å². The summed E-state index contributed by atoms with van der Waals surface area (Å²) in [5.41, 5.74) is 0. The summed E-state index contributed by atoms with van der Waals surface area (Å²) < 4.78 is 32.8. The molecule has 1 saturated carbocycles. The number of esters is 2. The molecule has 6 unspecified atom stereocenters. The van der Waals surface area contributed by atoms with E-state index in [4.69, 9.17) is 18.5 Å². The molecule has 1 aliphatic rings. The first-order valence-corrected chi connectivity index (χ1v) is 19.4. The van der Waals surface area contributed by atoms with Gasteiger partial charge in [-0.2, -0.15) is 0 Å². The summed E-state index contributed by atoms with van der Waals surface area (Å²) in [6.45, 7) is 2.83. The maximum atomic E-state index is 12.6. The fourth-order valence-electron chi connectivity index (χ4n) is 4.96. The van der Waals surface area contributed by atoms with Gasteiger partial charge in [0.1, 0.15) is 43.2 Å². The highest BCUT2D eigenvalue weighted by molar-refractivity contribution is 7.47. The first-order valence-electron chi connectivity index (χ1n) is 17.9. The number of aliphatic hydroxyl groups is 5. The van der Waals surface area contributed by atoms with E-state index in [1.54, 1.807) is 0 Å². The van der Waals surface area contributed by atoms with Crippen LogP contribution in [-0.2, 0) is 32.7 Å². The molecule has 1 fully saturated rings. The Kier molecular flexibility index (Phi) is 25.2. The molecule has 13 nitrogen and oxygen atoms in total. The van der Waals surface area contributed by atoms with Crippen LogP contribution in [0.25, 0.3) is 0 Å². The van der Waals surface area contributed by atoms with E-state index in [1.807, 2.05) is 6.92 Å². The first-order chi connectivity index (χ1) is 23.9. The van der Waals surface area contributed by atoms with Gasteiger partial charge in [-0.3, -0.25) is 18.6 Å². The van der Waals surface area contributed by atoms with Crippen molar-refractivity contribution in [2.75, 3.05) is 13.2 Å². The third-order valence-corrected chi connectivity index (χ3v) is 8.92. The second-order valence-electron chi connectivity index (χ2n) is 12.3. The van der Waals surface area contributed by atoms with Gasteiger partial charge in [0, 0.05) is 12.8 Å². The van der Waals surface area contributed by atoms with E-state index in [-0.39, 0.29) is 12.8 Å². The molecule has 1 rings (SSSR count). The third kappa shape index (κ3) is 20.6. The first kappa shape index (κ1) is 45.8. The second kappa shape index (κ2) is 27.5. The number of allylic oxidation sites excluding steroid dienone is 8. The van der Waals surface area contributed by atoms with Crippen LogP contribution in [0.5, 0.6) is 0 Å². The SMILES string of the molecule is CC/C=C\C/C=C\C/C=C\C/C=C\CCCCCCCCC(=O)OC(COC(=O)CCCC)COP(=O)(O)OC1C(O)C(O)C(O)C(O)C1O. The van der Waals surface area contributed by atoms with Gasteiger partial charge in [-0.1, -0.05) is 94.6 Å². The van der Waals surface area contributed by atoms with Gasteiger partial charge < -0.3 is 39.9 Å². The van der Waals surface area contributed by atoms with E-state index in [1.165, 1.54) is 0 Å². The molecule has 0 amide bonds. The van der Waals surface area contributed by atoms with Crippen LogP contribution in [-0.4, -0.2) is 98.3 Å². The van der Waals surface area contributed by atoms with Gasteiger partial charge in [0.25, 0.3) is 0 Å². The standard InChI is InChI=1S/C36H61O13P/c1-3-5-7-8-9-10-11-12-13-14-15-16-17-18-19-20-21-22-23-25-30(38)48-28(26-46-29(37)24-6-4-2)27-47-50(44,45)49-36-34(42)32(40)31(39)33(41)35(36)43/h5,7,9-10,12-13,15-16,28,31-36,39-43H,3-4,6,8,11,14,17-27H2,1-2H3,(H,44,45)/b7-5-,10-9-,13-12-,16-15-. The van der Waals surface area contributed by atoms with Crippen molar-refractivity contribution < 1.29 is 63.1 Å². The number of unbranched alkanes of at least 4 members (excludes halogenated alkanes) is 7. The number of carbonyl (C=O) groups excluding carboxylic acids is 2. The number of carbonyl (C=O) groups is 2. The van der Waals surface area contributed by atoms with Crippen LogP contribution in [0.4, 0.5) is 0 Å². The lowest BCUT2D eigenvalue weighted by molar-refractivity contribution is -0.220. The highest BCUT2D eigenvalue weighted by Crippen LogP contribution is 2.47. The van der Waals surface area contributed by atoms with Crippen LogP contribution in [0.15, 0.2) is 48.6 Å². The molecular weight excluding hydrogens is 671 g/mol. The Morgan fingerprint density at radius 1 is 0.640 bits per heavy atom. The maximum Gasteiger partial charge on any atom is 0.472 e. The van der Waals surface area contributed by atoms with E-state index in [2.05, 4.69) is 55.5 Å². The molecule has 6 N–H and O–H groups in total. The van der Waals surface area contributed by atoms with Crippen LogP contribution in [0.3, 0.4) is 0 Å². The molecule has 0 saturated heterocycles. The molecule has 0 aromatic rings. The Balaban J connectivity index is 2.39. The van der Waals surface area contributed by atoms with Gasteiger partial charge in [-0.05, 0) is 51.4 Å². The summed E-state index contributed by atoms with van der Waals surface area (Å²) in [6, 6.07) is 0. The molecule has 0 aliphatic heterocycles. The van der Waals surface area contributed by atoms with E-state index < -0.39 is 75.7 Å². The fraction of sp³-hybridized carbons (Fsp3) is 0.722. The molecule has 6 atom stereocenters. The average Bonchev–Trinajstić information content (AvgIpc) is 3.09. The summed E-state index contributed by atoms with van der Waals surface area (Å²) in [7, 11) is -5.10. The zero-order valence-electron chi connectivity index (χ0n) is 29.7. The molecule has 0 aromatic carbocycles. The largest absolute Gasteiger partial charge is 0.472 e.